The number of nitrogens with zero attached hydrogens (tertiary/aromatic N) is 2. The van der Waals surface area contributed by atoms with Crippen LogP contribution in [0.25, 0.3) is 0 Å². The summed E-state index contributed by atoms with van der Waals surface area (Å²) >= 11 is 6.04. The number of hydrogen-bond donors (Lipinski definition) is 2. The fourth-order valence-corrected chi connectivity index (χ4v) is 4.99. The van der Waals surface area contributed by atoms with Gasteiger partial charge in [0.15, 0.2) is 0 Å². The molecule has 1 aromatic carbocycles. The molecule has 3 fully saturated rings. The van der Waals surface area contributed by atoms with Crippen LogP contribution < -0.4 is 5.32 Å². The van der Waals surface area contributed by atoms with Gasteiger partial charge in [0.2, 0.25) is 5.91 Å². The first-order chi connectivity index (χ1) is 15.5. The molecule has 8 nitrogen and oxygen atoms in total. The molecule has 0 bridgehead atoms. The number of hydrogen-bond acceptors (Lipinski definition) is 5. The molecule has 32 heavy (non-hydrogen) atoms. The number of β-amino-alcohol motifs (C(OH)–C–C–N with tert-alkyl or cyclic N) is 1. The van der Waals surface area contributed by atoms with Crippen molar-refractivity contribution >= 4 is 29.2 Å². The van der Waals surface area contributed by atoms with E-state index < -0.39 is 6.10 Å². The van der Waals surface area contributed by atoms with E-state index in [9.17, 15) is 14.7 Å². The molecule has 4 rings (SSSR count). The van der Waals surface area contributed by atoms with Gasteiger partial charge in [0, 0.05) is 23.8 Å². The van der Waals surface area contributed by atoms with Crippen molar-refractivity contribution in [3.63, 3.8) is 0 Å². The van der Waals surface area contributed by atoms with Gasteiger partial charge < -0.3 is 29.7 Å². The standard InChI is InChI=1S/C23H32ClN3O5/c24-16-5-4-6-17(11-16)25-23(30)27-13-18(28)14-31-15-21-20(27)8-7-19(32-21)12-22(29)26-9-2-1-3-10-26/h4-6,11,18-21,28H,1-3,7-10,12-15H2,(H,25,30)/t18-,19-,20-,21+/m1/s1. The summed E-state index contributed by atoms with van der Waals surface area (Å²) in [6.45, 7) is 2.21. The highest BCUT2D eigenvalue weighted by Crippen LogP contribution is 2.29. The lowest BCUT2D eigenvalue weighted by Gasteiger charge is -2.44. The largest absolute Gasteiger partial charge is 0.389 e. The molecule has 176 valence electrons. The van der Waals surface area contributed by atoms with Crippen LogP contribution in [-0.2, 0) is 14.3 Å². The summed E-state index contributed by atoms with van der Waals surface area (Å²) in [5.41, 5.74) is 0.591. The van der Waals surface area contributed by atoms with Gasteiger partial charge in [-0.15, -0.1) is 0 Å². The Labute approximate surface area is 193 Å². The zero-order chi connectivity index (χ0) is 22.5. The van der Waals surface area contributed by atoms with Crippen LogP contribution >= 0.6 is 11.6 Å². The number of fused-ring (bicyclic) bond motifs is 1. The maximum Gasteiger partial charge on any atom is 0.322 e. The highest BCUT2D eigenvalue weighted by Gasteiger charge is 2.40. The van der Waals surface area contributed by atoms with E-state index in [1.807, 2.05) is 4.90 Å². The van der Waals surface area contributed by atoms with Crippen molar-refractivity contribution < 1.29 is 24.2 Å². The number of nitrogens with one attached hydrogen (secondary N) is 1. The topological polar surface area (TPSA) is 91.3 Å². The summed E-state index contributed by atoms with van der Waals surface area (Å²) in [7, 11) is 0. The van der Waals surface area contributed by atoms with Crippen molar-refractivity contribution in [3.8, 4) is 0 Å². The molecule has 3 saturated heterocycles. The number of aliphatic hydroxyl groups is 1. The normalized spacial score (nSPS) is 28.9. The highest BCUT2D eigenvalue weighted by molar-refractivity contribution is 6.30. The first kappa shape index (κ1) is 23.3. The number of amides is 3. The molecule has 9 heteroatoms. The third kappa shape index (κ3) is 5.92. The molecular formula is C23H32ClN3O5. The zero-order valence-electron chi connectivity index (χ0n) is 18.2. The van der Waals surface area contributed by atoms with E-state index >= 15 is 0 Å². The Kier molecular flexibility index (Phi) is 7.88. The summed E-state index contributed by atoms with van der Waals surface area (Å²) in [5, 5.41) is 13.7. The molecule has 4 atom stereocenters. The lowest BCUT2D eigenvalue weighted by molar-refractivity contribution is -0.154. The van der Waals surface area contributed by atoms with Crippen molar-refractivity contribution in [3.05, 3.63) is 29.3 Å². The highest BCUT2D eigenvalue weighted by atomic mass is 35.5. The molecule has 0 spiro atoms. The van der Waals surface area contributed by atoms with E-state index in [4.69, 9.17) is 21.1 Å². The van der Waals surface area contributed by atoms with Crippen LogP contribution in [0.3, 0.4) is 0 Å². The quantitative estimate of drug-likeness (QED) is 0.716. The average Bonchev–Trinajstić information content (AvgIpc) is 2.77. The minimum Gasteiger partial charge on any atom is -0.389 e. The van der Waals surface area contributed by atoms with Gasteiger partial charge >= 0.3 is 6.03 Å². The van der Waals surface area contributed by atoms with Crippen molar-refractivity contribution in [1.82, 2.24) is 9.80 Å². The molecule has 0 aliphatic carbocycles. The van der Waals surface area contributed by atoms with Gasteiger partial charge in [-0.25, -0.2) is 4.79 Å². The Hall–Kier alpha value is -1.87. The van der Waals surface area contributed by atoms with Crippen LogP contribution in [0.5, 0.6) is 0 Å². The van der Waals surface area contributed by atoms with Crippen LogP contribution in [0.15, 0.2) is 24.3 Å². The minimum absolute atomic E-state index is 0.130. The number of rotatable bonds is 3. The third-order valence-corrected chi connectivity index (χ3v) is 6.66. The van der Waals surface area contributed by atoms with E-state index in [2.05, 4.69) is 5.32 Å². The van der Waals surface area contributed by atoms with Gasteiger partial charge in [0.1, 0.15) is 6.10 Å². The molecule has 0 aromatic heterocycles. The molecule has 1 aromatic rings. The van der Waals surface area contributed by atoms with Gasteiger partial charge in [-0.2, -0.15) is 0 Å². The Morgan fingerprint density at radius 2 is 1.97 bits per heavy atom. The van der Waals surface area contributed by atoms with Gasteiger partial charge in [-0.05, 0) is 50.3 Å². The van der Waals surface area contributed by atoms with Gasteiger partial charge in [0.05, 0.1) is 44.4 Å². The summed E-state index contributed by atoms with van der Waals surface area (Å²) < 4.78 is 11.9. The smallest absolute Gasteiger partial charge is 0.322 e. The van der Waals surface area contributed by atoms with Crippen LogP contribution in [0.4, 0.5) is 10.5 Å². The van der Waals surface area contributed by atoms with E-state index in [0.29, 0.717) is 30.0 Å². The maximum absolute atomic E-state index is 13.1. The zero-order valence-corrected chi connectivity index (χ0v) is 19.0. The van der Waals surface area contributed by atoms with E-state index in [1.165, 1.54) is 6.42 Å². The van der Waals surface area contributed by atoms with Crippen LogP contribution in [0.2, 0.25) is 5.02 Å². The Balaban J connectivity index is 1.41. The molecule has 3 aliphatic heterocycles. The maximum atomic E-state index is 13.1. The number of aliphatic hydroxyl groups excluding tert-OH is 1. The SMILES string of the molecule is O=C(C[C@H]1CC[C@@H]2[C@H](COC[C@H](O)CN2C(=O)Nc2cccc(Cl)c2)O1)N1CCCCC1. The molecule has 3 amide bonds. The summed E-state index contributed by atoms with van der Waals surface area (Å²) in [6, 6.07) is 6.40. The molecule has 0 unspecified atom stereocenters. The van der Waals surface area contributed by atoms with Crippen molar-refractivity contribution in [2.45, 2.75) is 62.9 Å². The number of carbonyl (C=O) groups is 2. The second-order valence-corrected chi connectivity index (χ2v) is 9.31. The van der Waals surface area contributed by atoms with Gasteiger partial charge in [0.25, 0.3) is 0 Å². The first-order valence-corrected chi connectivity index (χ1v) is 11.9. The van der Waals surface area contributed by atoms with E-state index in [0.717, 1.165) is 25.9 Å². The first-order valence-electron chi connectivity index (χ1n) is 11.5. The average molecular weight is 466 g/mol. The van der Waals surface area contributed by atoms with Gasteiger partial charge in [-0.3, -0.25) is 4.79 Å². The number of piperidine rings is 1. The number of halogens is 1. The molecular weight excluding hydrogens is 434 g/mol. The second kappa shape index (κ2) is 10.8. The summed E-state index contributed by atoms with van der Waals surface area (Å²) in [6.07, 6.45) is 3.73. The molecule has 2 N–H and O–H groups in total. The summed E-state index contributed by atoms with van der Waals surface area (Å²) in [5.74, 6) is 0.144. The number of likely N-dealkylation sites (tertiary alicyclic amines) is 1. The Bertz CT molecular complexity index is 804. The number of carbonyl (C=O) groups excluding carboxylic acids is 2. The predicted octanol–water partition coefficient (Wildman–Crippen LogP) is 2.88. The molecule has 3 heterocycles. The van der Waals surface area contributed by atoms with Crippen LogP contribution in [0, 0.1) is 0 Å². The summed E-state index contributed by atoms with van der Waals surface area (Å²) in [4.78, 5) is 29.4. The lowest BCUT2D eigenvalue weighted by Crippen LogP contribution is -2.58. The van der Waals surface area contributed by atoms with Gasteiger partial charge in [-0.1, -0.05) is 17.7 Å². The van der Waals surface area contributed by atoms with E-state index in [1.54, 1.807) is 29.2 Å². The molecule has 0 radical (unpaired) electrons. The number of anilines is 1. The predicted molar refractivity (Wildman–Crippen MR) is 121 cm³/mol. The number of ether oxygens (including phenoxy) is 2. The van der Waals surface area contributed by atoms with Crippen molar-refractivity contribution in [2.24, 2.45) is 0 Å². The Morgan fingerprint density at radius 1 is 1.16 bits per heavy atom. The fraction of sp³-hybridized carbons (Fsp3) is 0.652. The molecule has 0 saturated carbocycles. The third-order valence-electron chi connectivity index (χ3n) is 6.43. The Morgan fingerprint density at radius 3 is 2.75 bits per heavy atom. The minimum atomic E-state index is -0.778. The molecule has 3 aliphatic rings. The number of urea groups is 1. The van der Waals surface area contributed by atoms with Crippen LogP contribution in [0.1, 0.15) is 38.5 Å². The number of benzene rings is 1. The van der Waals surface area contributed by atoms with Crippen molar-refractivity contribution in [1.29, 1.82) is 0 Å². The van der Waals surface area contributed by atoms with E-state index in [-0.39, 0.29) is 49.9 Å². The fourth-order valence-electron chi connectivity index (χ4n) is 4.80. The lowest BCUT2D eigenvalue weighted by atomic mass is 9.94. The van der Waals surface area contributed by atoms with Crippen molar-refractivity contribution in [2.75, 3.05) is 38.2 Å². The van der Waals surface area contributed by atoms with Crippen LogP contribution in [-0.4, -0.2) is 84.0 Å². The monoisotopic (exact) mass is 465 g/mol. The second-order valence-electron chi connectivity index (χ2n) is 8.87.